The molecule has 1 atom stereocenters. The molecule has 0 bridgehead atoms. The van der Waals surface area contributed by atoms with E-state index in [1.807, 2.05) is 11.3 Å². The van der Waals surface area contributed by atoms with Crippen LogP contribution in [0.1, 0.15) is 73.9 Å². The fraction of sp³-hybridized carbons (Fsp3) is 0.123. The van der Waals surface area contributed by atoms with Crippen LogP contribution in [0.5, 0.6) is 0 Å². The summed E-state index contributed by atoms with van der Waals surface area (Å²) in [4.78, 5) is 3.88. The number of rotatable bonds is 7. The predicted octanol–water partition coefficient (Wildman–Crippen LogP) is 20.9. The fourth-order valence-corrected chi connectivity index (χ4v) is 15.8. The zero-order valence-corrected chi connectivity index (χ0v) is 44.8. The SMILES string of the molecule is CC1(C)c2cc(N(c3ccc(-c4ccccc4)cc3)c3ccccc3-c3ccccc3)ccc2-c2cc3c(cc21)-c1cc(-c2ccc4sc5ccccc5c4c2)cc(C2=CCCC4Sc5ccccc5C4=C2)c1C3(C)C. The highest BCUT2D eigenvalue weighted by Gasteiger charge is 2.44. The number of anilines is 3. The Morgan fingerprint density at radius 1 is 0.421 bits per heavy atom. The van der Waals surface area contributed by atoms with Gasteiger partial charge in [0.25, 0.3) is 0 Å². The number of para-hydroxylation sites is 1. The number of hydrogen-bond donors (Lipinski definition) is 0. The zero-order valence-electron chi connectivity index (χ0n) is 43.2. The molecule has 0 amide bonds. The van der Waals surface area contributed by atoms with Crippen LogP contribution in [-0.2, 0) is 10.8 Å². The van der Waals surface area contributed by atoms with Crippen LogP contribution in [-0.4, -0.2) is 5.25 Å². The molecule has 0 fully saturated rings. The second kappa shape index (κ2) is 17.3. The second-order valence-corrected chi connectivity index (χ2v) is 24.6. The Morgan fingerprint density at radius 2 is 1.04 bits per heavy atom. The van der Waals surface area contributed by atoms with Crippen molar-refractivity contribution in [1.82, 2.24) is 0 Å². The molecule has 1 aliphatic heterocycles. The second-order valence-electron chi connectivity index (χ2n) is 22.2. The van der Waals surface area contributed by atoms with Crippen molar-refractivity contribution in [3.05, 3.63) is 264 Å². The molecule has 2 heterocycles. The molecule has 1 aromatic heterocycles. The van der Waals surface area contributed by atoms with E-state index in [0.717, 1.165) is 29.9 Å². The van der Waals surface area contributed by atoms with Gasteiger partial charge in [-0.1, -0.05) is 173 Å². The molecule has 4 aliphatic rings. The summed E-state index contributed by atoms with van der Waals surface area (Å²) in [6, 6.07) is 82.2. The largest absolute Gasteiger partial charge is 0.310 e. The number of thiophene rings is 1. The van der Waals surface area contributed by atoms with E-state index in [-0.39, 0.29) is 10.8 Å². The highest BCUT2D eigenvalue weighted by molar-refractivity contribution is 8.00. The topological polar surface area (TPSA) is 3.24 Å². The first-order valence-electron chi connectivity index (χ1n) is 26.9. The van der Waals surface area contributed by atoms with E-state index >= 15 is 0 Å². The highest BCUT2D eigenvalue weighted by atomic mass is 32.2. The average Bonchev–Trinajstić information content (AvgIpc) is 4.18. The Morgan fingerprint density at radius 3 is 1.86 bits per heavy atom. The van der Waals surface area contributed by atoms with Crippen molar-refractivity contribution in [2.45, 2.75) is 61.5 Å². The average molecular weight is 1010 g/mol. The van der Waals surface area contributed by atoms with Gasteiger partial charge in [-0.2, -0.15) is 0 Å². The van der Waals surface area contributed by atoms with Crippen LogP contribution in [0.25, 0.3) is 87.0 Å². The lowest BCUT2D eigenvalue weighted by molar-refractivity contribution is 0.651. The summed E-state index contributed by atoms with van der Waals surface area (Å²) < 4.78 is 2.67. The number of thioether (sulfide) groups is 1. The van der Waals surface area contributed by atoms with Crippen molar-refractivity contribution < 1.29 is 0 Å². The van der Waals surface area contributed by atoms with Crippen LogP contribution in [0.4, 0.5) is 17.1 Å². The molecule has 1 unspecified atom stereocenters. The predicted molar refractivity (Wildman–Crippen MR) is 327 cm³/mol. The molecule has 364 valence electrons. The lowest BCUT2D eigenvalue weighted by Crippen LogP contribution is -2.18. The minimum Gasteiger partial charge on any atom is -0.310 e. The Bertz CT molecular complexity index is 4250. The molecule has 11 aromatic rings. The van der Waals surface area contributed by atoms with Crippen molar-refractivity contribution >= 4 is 71.5 Å². The molecule has 3 aliphatic carbocycles. The maximum Gasteiger partial charge on any atom is 0.0540 e. The summed E-state index contributed by atoms with van der Waals surface area (Å²) >= 11 is 3.94. The molecule has 0 saturated heterocycles. The molecule has 76 heavy (non-hydrogen) atoms. The number of hydrogen-bond acceptors (Lipinski definition) is 3. The molecular formula is C73H55NS2. The lowest BCUT2D eigenvalue weighted by atomic mass is 9.76. The van der Waals surface area contributed by atoms with Crippen LogP contribution in [0, 0.1) is 0 Å². The van der Waals surface area contributed by atoms with Gasteiger partial charge in [0.15, 0.2) is 0 Å². The Kier molecular flexibility index (Phi) is 10.3. The normalized spacial score (nSPS) is 16.2. The van der Waals surface area contributed by atoms with Crippen LogP contribution < -0.4 is 4.90 Å². The van der Waals surface area contributed by atoms with E-state index in [1.54, 1.807) is 0 Å². The Hall–Kier alpha value is -7.95. The van der Waals surface area contributed by atoms with Gasteiger partial charge in [-0.05, 0) is 192 Å². The van der Waals surface area contributed by atoms with Gasteiger partial charge in [0, 0.05) is 58.1 Å². The molecular weight excluding hydrogens is 955 g/mol. The summed E-state index contributed by atoms with van der Waals surface area (Å²) in [5.74, 6) is 0. The summed E-state index contributed by atoms with van der Waals surface area (Å²) in [6.45, 7) is 9.87. The molecule has 0 spiro atoms. The third-order valence-corrected chi connectivity index (χ3v) is 19.7. The van der Waals surface area contributed by atoms with Gasteiger partial charge in [-0.15, -0.1) is 23.1 Å². The standard InChI is InChI=1S/C73H55NS2/c1-72(2)63-42-52(74(51-33-30-46(31-34-51)45-18-7-5-8-19-45)66-26-14-11-23-53(66)47-20-9-6-10-21-47)35-36-54(63)58-43-65-59(44-64(58)72)62-41-50(48-32-37-70-60(38-48)55-24-12-16-28-68(55)76-70)40-57(71(62)73(65,3)4)49-22-17-29-69-61(39-49)56-25-13-15-27-67(56)75-69/h5-16,18-28,30-44,69H,17,29H2,1-4H3. The Balaban J connectivity index is 0.891. The summed E-state index contributed by atoms with van der Waals surface area (Å²) in [5, 5.41) is 3.14. The van der Waals surface area contributed by atoms with Gasteiger partial charge in [-0.25, -0.2) is 0 Å². The molecule has 3 heteroatoms. The molecule has 15 rings (SSSR count). The van der Waals surface area contributed by atoms with E-state index in [0.29, 0.717) is 5.25 Å². The maximum atomic E-state index is 2.60. The minimum absolute atomic E-state index is 0.259. The van der Waals surface area contributed by atoms with Gasteiger partial charge < -0.3 is 4.90 Å². The summed E-state index contributed by atoms with van der Waals surface area (Å²) in [7, 11) is 0. The van der Waals surface area contributed by atoms with Crippen LogP contribution >= 0.6 is 23.1 Å². The fourth-order valence-electron chi connectivity index (χ4n) is 13.4. The van der Waals surface area contributed by atoms with Crippen molar-refractivity contribution in [2.75, 3.05) is 4.90 Å². The van der Waals surface area contributed by atoms with Gasteiger partial charge >= 0.3 is 0 Å². The van der Waals surface area contributed by atoms with Crippen LogP contribution in [0.3, 0.4) is 0 Å². The minimum atomic E-state index is -0.271. The van der Waals surface area contributed by atoms with Crippen molar-refractivity contribution in [3.8, 4) is 55.6 Å². The van der Waals surface area contributed by atoms with Gasteiger partial charge in [0.2, 0.25) is 0 Å². The first-order chi connectivity index (χ1) is 37.2. The van der Waals surface area contributed by atoms with Crippen LogP contribution in [0.2, 0.25) is 0 Å². The molecule has 1 nitrogen and oxygen atoms in total. The van der Waals surface area contributed by atoms with Gasteiger partial charge in [-0.3, -0.25) is 0 Å². The van der Waals surface area contributed by atoms with E-state index in [1.165, 1.54) is 125 Å². The number of nitrogens with zero attached hydrogens (tertiary/aromatic N) is 1. The van der Waals surface area contributed by atoms with E-state index < -0.39 is 0 Å². The van der Waals surface area contributed by atoms with Gasteiger partial charge in [0.05, 0.1) is 5.69 Å². The van der Waals surface area contributed by atoms with E-state index in [4.69, 9.17) is 0 Å². The first kappa shape index (κ1) is 45.4. The van der Waals surface area contributed by atoms with Crippen molar-refractivity contribution in [2.24, 2.45) is 0 Å². The maximum absolute atomic E-state index is 2.60. The lowest BCUT2D eigenvalue weighted by Gasteiger charge is -2.30. The van der Waals surface area contributed by atoms with Crippen LogP contribution in [0.15, 0.2) is 235 Å². The van der Waals surface area contributed by atoms with Gasteiger partial charge in [0.1, 0.15) is 0 Å². The molecule has 0 N–H and O–H groups in total. The van der Waals surface area contributed by atoms with E-state index in [9.17, 15) is 0 Å². The number of fused-ring (bicyclic) bond motifs is 12. The molecule has 0 saturated carbocycles. The zero-order chi connectivity index (χ0) is 50.9. The quantitative estimate of drug-likeness (QED) is 0.157. The third kappa shape index (κ3) is 7.05. The molecule has 0 radical (unpaired) electrons. The number of benzene rings is 10. The monoisotopic (exact) mass is 1010 g/mol. The molecule has 10 aromatic carbocycles. The van der Waals surface area contributed by atoms with E-state index in [2.05, 4.69) is 275 Å². The number of allylic oxidation sites excluding steroid dienone is 3. The summed E-state index contributed by atoms with van der Waals surface area (Å²) in [5.41, 5.74) is 26.8. The van der Waals surface area contributed by atoms with Crippen molar-refractivity contribution in [1.29, 1.82) is 0 Å². The Labute approximate surface area is 454 Å². The highest BCUT2D eigenvalue weighted by Crippen LogP contribution is 2.60. The first-order valence-corrected chi connectivity index (χ1v) is 28.6. The van der Waals surface area contributed by atoms with Crippen molar-refractivity contribution in [3.63, 3.8) is 0 Å². The smallest absolute Gasteiger partial charge is 0.0540 e. The third-order valence-electron chi connectivity index (χ3n) is 17.2. The summed E-state index contributed by atoms with van der Waals surface area (Å²) in [6.07, 6.45) is 7.32.